The van der Waals surface area contributed by atoms with Gasteiger partial charge in [-0.05, 0) is 40.5 Å². The topological polar surface area (TPSA) is 0 Å². The third kappa shape index (κ3) is 310. The largest absolute Gasteiger partial charge is 0.0499 e. The molecule has 0 saturated heterocycles. The zero-order valence-electron chi connectivity index (χ0n) is 4.30. The van der Waals surface area contributed by atoms with Crippen LogP contribution in [0.1, 0.15) is 0 Å². The smallest absolute Gasteiger partial charge is 0 e. The van der Waals surface area contributed by atoms with Gasteiger partial charge in [-0.25, -0.2) is 0 Å². The first-order valence-electron chi connectivity index (χ1n) is 1.63. The summed E-state index contributed by atoms with van der Waals surface area (Å²) in [7, 11) is 0. The van der Waals surface area contributed by atoms with Crippen molar-refractivity contribution in [2.75, 3.05) is 0 Å². The molecular weight excluding hydrogens is 267 g/mol. The van der Waals surface area contributed by atoms with Crippen molar-refractivity contribution in [3.63, 3.8) is 0 Å². The van der Waals surface area contributed by atoms with Gasteiger partial charge in [0, 0.05) is 21.1 Å². The molecule has 0 spiro atoms. The van der Waals surface area contributed by atoms with Gasteiger partial charge in [-0.3, -0.25) is 0 Å². The molecule has 7 heavy (non-hydrogen) atoms. The Balaban J connectivity index is -0.0000000400. The van der Waals surface area contributed by atoms with E-state index in [9.17, 15) is 0 Å². The maximum absolute atomic E-state index is 3.25. The Morgan fingerprint density at radius 1 is 0.714 bits per heavy atom. The minimum atomic E-state index is 0. The number of hydrogen-bond acceptors (Lipinski definition) is 0. The van der Waals surface area contributed by atoms with Crippen LogP contribution in [0.2, 0.25) is 0 Å². The molecule has 0 unspecified atom stereocenters. The second-order valence-electron chi connectivity index (χ2n) is 0.577. The normalized spacial score (nSPS) is 5.14. The Labute approximate surface area is 62.0 Å². The summed E-state index contributed by atoms with van der Waals surface area (Å²) in [5.74, 6) is 0. The van der Waals surface area contributed by atoms with E-state index in [0.717, 1.165) is 0 Å². The van der Waals surface area contributed by atoms with E-state index in [1.807, 2.05) is 0 Å². The number of rotatable bonds is 0. The standard InChI is InChI=1S/2C3H5.Pt/c2*1-3-2;/h2*3H,1-2H2;. The molecule has 0 aromatic heterocycles. The summed E-state index contributed by atoms with van der Waals surface area (Å²) in [6.45, 7) is 13.0. The second kappa shape index (κ2) is 29.9. The summed E-state index contributed by atoms with van der Waals surface area (Å²) in [6.07, 6.45) is 3.00. The molecule has 0 atom stereocenters. The molecule has 0 saturated carbocycles. The van der Waals surface area contributed by atoms with Crippen molar-refractivity contribution in [3.05, 3.63) is 40.5 Å². The van der Waals surface area contributed by atoms with E-state index in [2.05, 4.69) is 27.7 Å². The minimum Gasteiger partial charge on any atom is -0.0499 e. The molecule has 0 heterocycles. The van der Waals surface area contributed by atoms with Gasteiger partial charge < -0.3 is 0 Å². The van der Waals surface area contributed by atoms with Crippen molar-refractivity contribution >= 4 is 0 Å². The molecule has 0 fully saturated rings. The van der Waals surface area contributed by atoms with E-state index in [4.69, 9.17) is 0 Å². The molecule has 1 heteroatoms. The van der Waals surface area contributed by atoms with Gasteiger partial charge in [-0.15, -0.1) is 0 Å². The van der Waals surface area contributed by atoms with Crippen molar-refractivity contribution in [1.82, 2.24) is 0 Å². The van der Waals surface area contributed by atoms with E-state index in [1.165, 1.54) is 12.8 Å². The summed E-state index contributed by atoms with van der Waals surface area (Å²) < 4.78 is 0. The molecule has 6 radical (unpaired) electrons. The van der Waals surface area contributed by atoms with Crippen molar-refractivity contribution in [3.8, 4) is 0 Å². The molecule has 44 valence electrons. The van der Waals surface area contributed by atoms with E-state index < -0.39 is 0 Å². The Morgan fingerprint density at radius 3 is 0.714 bits per heavy atom. The van der Waals surface area contributed by atoms with Crippen LogP contribution in [0.4, 0.5) is 0 Å². The summed E-state index contributed by atoms with van der Waals surface area (Å²) in [6, 6.07) is 0. The van der Waals surface area contributed by atoms with Gasteiger partial charge in [-0.1, -0.05) is 0 Å². The quantitative estimate of drug-likeness (QED) is 0.632. The van der Waals surface area contributed by atoms with E-state index in [-0.39, 0.29) is 21.1 Å². The van der Waals surface area contributed by atoms with Gasteiger partial charge in [0.1, 0.15) is 0 Å². The van der Waals surface area contributed by atoms with Crippen LogP contribution in [-0.2, 0) is 21.1 Å². The average Bonchev–Trinajstić information content (AvgIpc) is 1.39. The first-order chi connectivity index (χ1) is 2.83. The molecule has 0 nitrogen and oxygen atoms in total. The first kappa shape index (κ1) is 15.6. The minimum absolute atomic E-state index is 0. The average molecular weight is 277 g/mol. The summed E-state index contributed by atoms with van der Waals surface area (Å²) in [5, 5.41) is 0. The third-order valence-electron chi connectivity index (χ3n) is 0. The van der Waals surface area contributed by atoms with Crippen LogP contribution in [0, 0.1) is 40.5 Å². The fourth-order valence-corrected chi connectivity index (χ4v) is 0. The van der Waals surface area contributed by atoms with E-state index >= 15 is 0 Å². The van der Waals surface area contributed by atoms with Crippen LogP contribution in [0.25, 0.3) is 0 Å². The monoisotopic (exact) mass is 277 g/mol. The van der Waals surface area contributed by atoms with Gasteiger partial charge in [0.05, 0.1) is 0 Å². The molecule has 0 rings (SSSR count). The maximum atomic E-state index is 3.25. The Hall–Kier alpha value is 0.688. The van der Waals surface area contributed by atoms with Crippen LogP contribution in [0.15, 0.2) is 0 Å². The summed E-state index contributed by atoms with van der Waals surface area (Å²) in [5.41, 5.74) is 0. The van der Waals surface area contributed by atoms with Crippen LogP contribution >= 0.6 is 0 Å². The Bertz CT molecular complexity index is 6.14. The molecule has 0 amide bonds. The van der Waals surface area contributed by atoms with Gasteiger partial charge >= 0.3 is 0 Å². The molecule has 0 aromatic rings. The van der Waals surface area contributed by atoms with Gasteiger partial charge in [0.25, 0.3) is 0 Å². The zero-order valence-corrected chi connectivity index (χ0v) is 6.57. The SMILES string of the molecule is [CH2][CH][CH2].[CH2][CH][CH2].[Pt]. The van der Waals surface area contributed by atoms with Crippen molar-refractivity contribution < 1.29 is 21.1 Å². The van der Waals surface area contributed by atoms with Crippen LogP contribution in [0.3, 0.4) is 0 Å². The summed E-state index contributed by atoms with van der Waals surface area (Å²) in [4.78, 5) is 0. The first-order valence-corrected chi connectivity index (χ1v) is 1.63. The molecule has 0 aromatic carbocycles. The molecule has 0 aliphatic heterocycles. The van der Waals surface area contributed by atoms with Crippen molar-refractivity contribution in [2.24, 2.45) is 0 Å². The zero-order chi connectivity index (χ0) is 5.41. The van der Waals surface area contributed by atoms with Crippen molar-refractivity contribution in [1.29, 1.82) is 0 Å². The van der Waals surface area contributed by atoms with E-state index in [1.54, 1.807) is 0 Å². The number of hydrogen-bond donors (Lipinski definition) is 0. The van der Waals surface area contributed by atoms with E-state index in [0.29, 0.717) is 0 Å². The molecule has 0 aliphatic rings. The third-order valence-corrected chi connectivity index (χ3v) is 0. The molecular formula is C6H10Pt. The molecule has 0 aliphatic carbocycles. The van der Waals surface area contributed by atoms with Gasteiger partial charge in [-0.2, -0.15) is 0 Å². The van der Waals surface area contributed by atoms with Crippen molar-refractivity contribution in [2.45, 2.75) is 0 Å². The fourth-order valence-electron chi connectivity index (χ4n) is 0. The second-order valence-corrected chi connectivity index (χ2v) is 0.577. The predicted molar refractivity (Wildman–Crippen MR) is 30.0 cm³/mol. The van der Waals surface area contributed by atoms with Gasteiger partial charge in [0.15, 0.2) is 0 Å². The maximum Gasteiger partial charge on any atom is 0 e. The Kier molecular flexibility index (Phi) is 66.9. The van der Waals surface area contributed by atoms with Crippen LogP contribution < -0.4 is 0 Å². The van der Waals surface area contributed by atoms with Gasteiger partial charge in [0.2, 0.25) is 0 Å². The predicted octanol–water partition coefficient (Wildman–Crippen LogP) is 1.72. The summed E-state index contributed by atoms with van der Waals surface area (Å²) >= 11 is 0. The molecule has 0 N–H and O–H groups in total. The Morgan fingerprint density at radius 2 is 0.714 bits per heavy atom. The van der Waals surface area contributed by atoms with Crippen LogP contribution in [-0.4, -0.2) is 0 Å². The fraction of sp³-hybridized carbons (Fsp3) is 0. The van der Waals surface area contributed by atoms with Crippen LogP contribution in [0.5, 0.6) is 0 Å². The molecule has 0 bridgehead atoms.